The molecule has 94 valence electrons. The van der Waals surface area contributed by atoms with Crippen LogP contribution in [-0.2, 0) is 9.47 Å². The normalized spacial score (nSPS) is 18.0. The summed E-state index contributed by atoms with van der Waals surface area (Å²) < 4.78 is 11.1. The maximum absolute atomic E-state index is 5.79. The molecule has 0 heterocycles. The molecule has 0 unspecified atom stereocenters. The Balaban J connectivity index is 2.59. The molecule has 0 aromatic heterocycles. The summed E-state index contributed by atoms with van der Waals surface area (Å²) in [6.45, 7) is 9.61. The zero-order chi connectivity index (χ0) is 12.7. The van der Waals surface area contributed by atoms with Crippen molar-refractivity contribution >= 4 is 0 Å². The lowest BCUT2D eigenvalue weighted by Crippen LogP contribution is -2.08. The molecule has 1 aliphatic rings. The van der Waals surface area contributed by atoms with Gasteiger partial charge < -0.3 is 9.47 Å². The van der Waals surface area contributed by atoms with Crippen LogP contribution in [0.2, 0.25) is 0 Å². The Morgan fingerprint density at radius 3 is 2.41 bits per heavy atom. The van der Waals surface area contributed by atoms with E-state index in [1.165, 1.54) is 12.8 Å². The number of hydrogen-bond acceptors (Lipinski definition) is 2. The van der Waals surface area contributed by atoms with Gasteiger partial charge in [-0.25, -0.2) is 0 Å². The van der Waals surface area contributed by atoms with Crippen molar-refractivity contribution in [2.45, 2.75) is 38.7 Å². The van der Waals surface area contributed by atoms with Crippen molar-refractivity contribution in [3.63, 3.8) is 0 Å². The molecular weight excluding hydrogens is 212 g/mol. The molecule has 0 saturated heterocycles. The third-order valence-electron chi connectivity index (χ3n) is 2.93. The molecule has 0 amide bonds. The van der Waals surface area contributed by atoms with Crippen LogP contribution in [0, 0.1) is 0 Å². The predicted octanol–water partition coefficient (Wildman–Crippen LogP) is 4.12. The van der Waals surface area contributed by atoms with Crippen molar-refractivity contribution in [2.75, 3.05) is 7.11 Å². The smallest absolute Gasteiger partial charge is 0.160 e. The second-order valence-electron chi connectivity index (χ2n) is 4.30. The highest BCUT2D eigenvalue weighted by atomic mass is 16.5. The molecular formula is C15H22O2. The van der Waals surface area contributed by atoms with Gasteiger partial charge in [0.2, 0.25) is 0 Å². The van der Waals surface area contributed by atoms with E-state index in [0.717, 1.165) is 18.4 Å². The molecule has 0 radical (unpaired) electrons. The third kappa shape index (κ3) is 4.51. The van der Waals surface area contributed by atoms with Gasteiger partial charge in [-0.2, -0.15) is 0 Å². The summed E-state index contributed by atoms with van der Waals surface area (Å²) in [4.78, 5) is 0. The maximum Gasteiger partial charge on any atom is 0.160 e. The molecule has 1 saturated carbocycles. The lowest BCUT2D eigenvalue weighted by Gasteiger charge is -2.16. The Hall–Kier alpha value is -1.44. The maximum atomic E-state index is 5.79. The number of ether oxygens (including phenoxy) is 2. The van der Waals surface area contributed by atoms with Crippen LogP contribution in [0.5, 0.6) is 0 Å². The molecule has 1 fully saturated rings. The monoisotopic (exact) mass is 234 g/mol. The number of methoxy groups -OCH3 is 1. The molecule has 0 N–H and O–H groups in total. The van der Waals surface area contributed by atoms with E-state index in [9.17, 15) is 0 Å². The van der Waals surface area contributed by atoms with E-state index >= 15 is 0 Å². The van der Waals surface area contributed by atoms with Gasteiger partial charge in [0.15, 0.2) is 11.5 Å². The Morgan fingerprint density at radius 1 is 1.24 bits per heavy atom. The second kappa shape index (κ2) is 7.00. The molecule has 1 aliphatic carbocycles. The van der Waals surface area contributed by atoms with Gasteiger partial charge in [0.05, 0.1) is 13.2 Å². The zero-order valence-corrected chi connectivity index (χ0v) is 10.9. The summed E-state index contributed by atoms with van der Waals surface area (Å²) >= 11 is 0. The van der Waals surface area contributed by atoms with E-state index in [1.807, 2.05) is 19.1 Å². The average molecular weight is 234 g/mol. The lowest BCUT2D eigenvalue weighted by atomic mass is 10.2. The number of rotatable bonds is 6. The molecule has 17 heavy (non-hydrogen) atoms. The van der Waals surface area contributed by atoms with Crippen LogP contribution < -0.4 is 0 Å². The zero-order valence-electron chi connectivity index (χ0n) is 10.9. The fraction of sp³-hybridized carbons (Fsp3) is 0.467. The standard InChI is InChI=1S/C15H22O2/c1-5-12(2)10-11-15(16-4)13(3)17-14-8-6-7-9-14/h5,10-11,14H,1,3,6-9H2,2,4H3/b12-10+,15-11+. The van der Waals surface area contributed by atoms with Crippen molar-refractivity contribution in [3.8, 4) is 0 Å². The van der Waals surface area contributed by atoms with Crippen LogP contribution in [0.15, 0.2) is 48.5 Å². The van der Waals surface area contributed by atoms with Crippen LogP contribution in [0.3, 0.4) is 0 Å². The molecule has 0 aromatic rings. The highest BCUT2D eigenvalue weighted by molar-refractivity contribution is 5.27. The second-order valence-corrected chi connectivity index (χ2v) is 4.30. The van der Waals surface area contributed by atoms with Gasteiger partial charge in [-0.3, -0.25) is 0 Å². The molecule has 0 atom stereocenters. The van der Waals surface area contributed by atoms with E-state index in [1.54, 1.807) is 13.2 Å². The molecule has 0 aliphatic heterocycles. The highest BCUT2D eigenvalue weighted by Crippen LogP contribution is 2.25. The summed E-state index contributed by atoms with van der Waals surface area (Å²) in [7, 11) is 1.63. The van der Waals surface area contributed by atoms with Crippen molar-refractivity contribution in [2.24, 2.45) is 0 Å². The Morgan fingerprint density at radius 2 is 1.88 bits per heavy atom. The Bertz CT molecular complexity index is 331. The van der Waals surface area contributed by atoms with Gasteiger partial charge >= 0.3 is 0 Å². The first-order valence-electron chi connectivity index (χ1n) is 6.08. The average Bonchev–Trinajstić information content (AvgIpc) is 2.82. The summed E-state index contributed by atoms with van der Waals surface area (Å²) in [6.07, 6.45) is 10.7. The Labute approximate surface area is 104 Å². The summed E-state index contributed by atoms with van der Waals surface area (Å²) in [5, 5.41) is 0. The minimum atomic E-state index is 0.311. The minimum absolute atomic E-state index is 0.311. The fourth-order valence-corrected chi connectivity index (χ4v) is 1.82. The first-order valence-corrected chi connectivity index (χ1v) is 6.08. The molecule has 0 aromatic carbocycles. The van der Waals surface area contributed by atoms with E-state index in [0.29, 0.717) is 17.6 Å². The van der Waals surface area contributed by atoms with Gasteiger partial charge in [-0.05, 0) is 38.7 Å². The first kappa shape index (κ1) is 13.6. The van der Waals surface area contributed by atoms with Gasteiger partial charge in [-0.1, -0.05) is 30.9 Å². The molecule has 0 bridgehead atoms. The first-order chi connectivity index (χ1) is 8.17. The van der Waals surface area contributed by atoms with Gasteiger partial charge in [-0.15, -0.1) is 0 Å². The van der Waals surface area contributed by atoms with Crippen LogP contribution in [-0.4, -0.2) is 13.2 Å². The van der Waals surface area contributed by atoms with Gasteiger partial charge in [0.25, 0.3) is 0 Å². The van der Waals surface area contributed by atoms with Crippen molar-refractivity contribution in [1.82, 2.24) is 0 Å². The van der Waals surface area contributed by atoms with E-state index < -0.39 is 0 Å². The summed E-state index contributed by atoms with van der Waals surface area (Å²) in [5.41, 5.74) is 1.08. The summed E-state index contributed by atoms with van der Waals surface area (Å²) in [5.74, 6) is 1.30. The molecule has 2 heteroatoms. The van der Waals surface area contributed by atoms with E-state index in [-0.39, 0.29) is 0 Å². The van der Waals surface area contributed by atoms with Crippen molar-refractivity contribution in [1.29, 1.82) is 0 Å². The largest absolute Gasteiger partial charge is 0.493 e. The summed E-state index contributed by atoms with van der Waals surface area (Å²) in [6, 6.07) is 0. The number of allylic oxidation sites excluding steroid dienone is 4. The molecule has 0 spiro atoms. The van der Waals surface area contributed by atoms with Gasteiger partial charge in [0.1, 0.15) is 0 Å². The van der Waals surface area contributed by atoms with E-state index in [2.05, 4.69) is 13.2 Å². The lowest BCUT2D eigenvalue weighted by molar-refractivity contribution is 0.107. The van der Waals surface area contributed by atoms with Crippen molar-refractivity contribution < 1.29 is 9.47 Å². The van der Waals surface area contributed by atoms with Crippen LogP contribution in [0.1, 0.15) is 32.6 Å². The van der Waals surface area contributed by atoms with Crippen LogP contribution in [0.25, 0.3) is 0 Å². The van der Waals surface area contributed by atoms with Crippen LogP contribution in [0.4, 0.5) is 0 Å². The minimum Gasteiger partial charge on any atom is -0.493 e. The quantitative estimate of drug-likeness (QED) is 0.508. The topological polar surface area (TPSA) is 18.5 Å². The highest BCUT2D eigenvalue weighted by Gasteiger charge is 2.18. The van der Waals surface area contributed by atoms with Crippen molar-refractivity contribution in [3.05, 3.63) is 48.5 Å². The van der Waals surface area contributed by atoms with Gasteiger partial charge in [0, 0.05) is 0 Å². The van der Waals surface area contributed by atoms with Crippen LogP contribution >= 0.6 is 0 Å². The third-order valence-corrected chi connectivity index (χ3v) is 2.93. The van der Waals surface area contributed by atoms with E-state index in [4.69, 9.17) is 9.47 Å². The molecule has 1 rings (SSSR count). The fourth-order valence-electron chi connectivity index (χ4n) is 1.82. The SMILES string of the molecule is C=C/C(C)=C/C=C(/OC)C(=C)OC1CCCC1. The Kier molecular flexibility index (Phi) is 5.61. The number of hydrogen-bond donors (Lipinski definition) is 0. The molecule has 2 nitrogen and oxygen atoms in total. The predicted molar refractivity (Wildman–Crippen MR) is 71.5 cm³/mol.